The smallest absolute Gasteiger partial charge is 0.349 e. The minimum Gasteiger partial charge on any atom is -0.423 e. The van der Waals surface area contributed by atoms with Gasteiger partial charge in [0.1, 0.15) is 46.2 Å². The summed E-state index contributed by atoms with van der Waals surface area (Å²) < 4.78 is 62.4. The predicted octanol–water partition coefficient (Wildman–Crippen LogP) is 6.05. The van der Waals surface area contributed by atoms with E-state index in [9.17, 15) is 18.0 Å². The van der Waals surface area contributed by atoms with E-state index in [1.807, 2.05) is 18.2 Å². The van der Waals surface area contributed by atoms with E-state index in [1.165, 1.54) is 6.07 Å². The molecular weight excluding hydrogens is 422 g/mol. The predicted molar refractivity (Wildman–Crippen MR) is 109 cm³/mol. The second kappa shape index (κ2) is 8.46. The molecule has 4 rings (SSSR count). The number of halogens is 4. The van der Waals surface area contributed by atoms with Crippen LogP contribution >= 0.6 is 0 Å². The fourth-order valence-corrected chi connectivity index (χ4v) is 4.03. The molecular formula is C25H17F4NO2. The van der Waals surface area contributed by atoms with Crippen molar-refractivity contribution in [2.45, 2.75) is 32.6 Å². The molecule has 0 fully saturated rings. The molecule has 3 nitrogen and oxygen atoms in total. The summed E-state index contributed by atoms with van der Waals surface area (Å²) in [6.45, 7) is 2.07. The maximum atomic E-state index is 15.2. The van der Waals surface area contributed by atoms with Crippen LogP contribution in [0, 0.1) is 34.6 Å². The van der Waals surface area contributed by atoms with Gasteiger partial charge < -0.3 is 4.74 Å². The number of hydrogen-bond donors (Lipinski definition) is 0. The number of rotatable bonds is 4. The molecule has 0 unspecified atom stereocenters. The van der Waals surface area contributed by atoms with Gasteiger partial charge in [-0.15, -0.1) is 0 Å². The summed E-state index contributed by atoms with van der Waals surface area (Å²) in [5.41, 5.74) is 1.62. The Labute approximate surface area is 181 Å². The molecule has 0 saturated carbocycles. The zero-order valence-corrected chi connectivity index (χ0v) is 17.1. The van der Waals surface area contributed by atoms with E-state index in [2.05, 4.69) is 6.92 Å². The lowest BCUT2D eigenvalue weighted by Crippen LogP contribution is -2.17. The van der Waals surface area contributed by atoms with E-state index < -0.39 is 46.1 Å². The number of carbonyl (C=O) groups excluding carboxylic acids is 1. The van der Waals surface area contributed by atoms with Gasteiger partial charge in [0.2, 0.25) is 0 Å². The first-order valence-corrected chi connectivity index (χ1v) is 10.1. The first kappa shape index (κ1) is 21.6. The molecule has 3 aromatic carbocycles. The van der Waals surface area contributed by atoms with Crippen LogP contribution in [0.3, 0.4) is 0 Å². The third kappa shape index (κ3) is 3.73. The molecule has 0 radical (unpaired) electrons. The quantitative estimate of drug-likeness (QED) is 0.282. The Morgan fingerprint density at radius 2 is 1.72 bits per heavy atom. The molecule has 0 atom stereocenters. The maximum Gasteiger partial charge on any atom is 0.349 e. The highest BCUT2D eigenvalue weighted by Gasteiger charge is 2.29. The zero-order chi connectivity index (χ0) is 23.0. The van der Waals surface area contributed by atoms with Crippen LogP contribution in [0.1, 0.15) is 46.0 Å². The molecule has 3 aromatic rings. The van der Waals surface area contributed by atoms with Crippen molar-refractivity contribution in [2.24, 2.45) is 0 Å². The summed E-state index contributed by atoms with van der Waals surface area (Å²) in [4.78, 5) is 12.5. The van der Waals surface area contributed by atoms with Gasteiger partial charge in [-0.1, -0.05) is 31.5 Å². The summed E-state index contributed by atoms with van der Waals surface area (Å²) in [7, 11) is 0. The van der Waals surface area contributed by atoms with Crippen LogP contribution in [-0.2, 0) is 19.3 Å². The number of benzene rings is 3. The normalized spacial score (nSPS) is 12.0. The van der Waals surface area contributed by atoms with Crippen molar-refractivity contribution >= 4 is 5.97 Å². The average Bonchev–Trinajstić information content (AvgIpc) is 2.73. The van der Waals surface area contributed by atoms with Crippen LogP contribution < -0.4 is 4.74 Å². The number of nitrogens with zero attached hydrogens (tertiary/aromatic N) is 1. The van der Waals surface area contributed by atoms with E-state index in [0.29, 0.717) is 29.7 Å². The lowest BCUT2D eigenvalue weighted by Gasteiger charge is -2.22. The van der Waals surface area contributed by atoms with Gasteiger partial charge in [0.25, 0.3) is 0 Å². The van der Waals surface area contributed by atoms with Crippen molar-refractivity contribution in [1.82, 2.24) is 0 Å². The van der Waals surface area contributed by atoms with Gasteiger partial charge in [-0.2, -0.15) is 5.26 Å². The molecule has 0 spiro atoms. The first-order chi connectivity index (χ1) is 15.3. The molecule has 1 aliphatic rings. The highest BCUT2D eigenvalue weighted by Crippen LogP contribution is 2.38. The molecule has 32 heavy (non-hydrogen) atoms. The summed E-state index contributed by atoms with van der Waals surface area (Å²) in [6.07, 6.45) is 2.69. The number of aryl methyl sites for hydroxylation is 2. The van der Waals surface area contributed by atoms with Gasteiger partial charge in [-0.3, -0.25) is 0 Å². The molecule has 0 aromatic heterocycles. The standard InChI is InChI=1S/C25H17F4NO2/c1-2-3-13-4-6-16-14(8-13)5-7-17-18(16)11-22(28)23(24(17)29)25(31)32-15-9-20(26)19(12-30)21(27)10-15/h4,6,8-11H,2-3,5,7H2,1H3. The highest BCUT2D eigenvalue weighted by atomic mass is 19.1. The van der Waals surface area contributed by atoms with Gasteiger partial charge >= 0.3 is 5.97 Å². The second-order valence-electron chi connectivity index (χ2n) is 7.58. The number of hydrogen-bond acceptors (Lipinski definition) is 3. The Balaban J connectivity index is 1.71. The van der Waals surface area contributed by atoms with Gasteiger partial charge in [0.05, 0.1) is 0 Å². The zero-order valence-electron chi connectivity index (χ0n) is 17.1. The minimum absolute atomic E-state index is 0.186. The van der Waals surface area contributed by atoms with Crippen LogP contribution in [0.4, 0.5) is 17.6 Å². The van der Waals surface area contributed by atoms with Crippen molar-refractivity contribution in [3.05, 3.63) is 87.5 Å². The molecule has 0 bridgehead atoms. The van der Waals surface area contributed by atoms with Crippen molar-refractivity contribution in [1.29, 1.82) is 5.26 Å². The highest BCUT2D eigenvalue weighted by molar-refractivity contribution is 5.93. The molecule has 162 valence electrons. The largest absolute Gasteiger partial charge is 0.423 e. The Morgan fingerprint density at radius 1 is 1.00 bits per heavy atom. The van der Waals surface area contributed by atoms with Crippen LogP contribution in [0.25, 0.3) is 11.1 Å². The van der Waals surface area contributed by atoms with Gasteiger partial charge in [0, 0.05) is 12.1 Å². The van der Waals surface area contributed by atoms with E-state index in [4.69, 9.17) is 10.00 Å². The Bertz CT molecular complexity index is 1270. The first-order valence-electron chi connectivity index (χ1n) is 10.1. The Kier molecular flexibility index (Phi) is 5.70. The number of nitriles is 1. The molecule has 0 heterocycles. The van der Waals surface area contributed by atoms with Gasteiger partial charge in [0.15, 0.2) is 0 Å². The van der Waals surface area contributed by atoms with Crippen molar-refractivity contribution < 1.29 is 27.1 Å². The van der Waals surface area contributed by atoms with Crippen LogP contribution in [0.5, 0.6) is 5.75 Å². The molecule has 0 aliphatic heterocycles. The van der Waals surface area contributed by atoms with E-state index in [0.717, 1.165) is 30.0 Å². The van der Waals surface area contributed by atoms with Gasteiger partial charge in [-0.25, -0.2) is 22.4 Å². The number of esters is 1. The average molecular weight is 439 g/mol. The van der Waals surface area contributed by atoms with Crippen LogP contribution in [0.15, 0.2) is 36.4 Å². The van der Waals surface area contributed by atoms with Crippen molar-refractivity contribution in [3.63, 3.8) is 0 Å². The molecule has 1 aliphatic carbocycles. The van der Waals surface area contributed by atoms with Crippen LogP contribution in [0.2, 0.25) is 0 Å². The summed E-state index contributed by atoms with van der Waals surface area (Å²) >= 11 is 0. The summed E-state index contributed by atoms with van der Waals surface area (Å²) in [5.74, 6) is -6.71. The third-order valence-corrected chi connectivity index (χ3v) is 5.50. The van der Waals surface area contributed by atoms with Gasteiger partial charge in [-0.05, 0) is 53.1 Å². The monoisotopic (exact) mass is 439 g/mol. The summed E-state index contributed by atoms with van der Waals surface area (Å²) in [5, 5.41) is 8.71. The van der Waals surface area contributed by atoms with Crippen molar-refractivity contribution in [2.75, 3.05) is 0 Å². The number of ether oxygens (including phenoxy) is 1. The number of carbonyl (C=O) groups is 1. The minimum atomic E-state index is -1.42. The van der Waals surface area contributed by atoms with E-state index >= 15 is 4.39 Å². The maximum absolute atomic E-state index is 15.2. The lowest BCUT2D eigenvalue weighted by atomic mass is 9.83. The second-order valence-corrected chi connectivity index (χ2v) is 7.58. The van der Waals surface area contributed by atoms with E-state index in [-0.39, 0.29) is 12.0 Å². The van der Waals surface area contributed by atoms with E-state index in [1.54, 1.807) is 0 Å². The SMILES string of the molecule is CCCc1ccc2c(c1)CCc1c-2cc(F)c(C(=O)Oc2cc(F)c(C#N)c(F)c2)c1F. The van der Waals surface area contributed by atoms with Crippen LogP contribution in [-0.4, -0.2) is 5.97 Å². The topological polar surface area (TPSA) is 50.1 Å². The summed E-state index contributed by atoms with van der Waals surface area (Å²) in [6, 6.07) is 9.43. The lowest BCUT2D eigenvalue weighted by molar-refractivity contribution is 0.0723. The molecule has 0 N–H and O–H groups in total. The molecule has 0 saturated heterocycles. The fourth-order valence-electron chi connectivity index (χ4n) is 4.03. The fraction of sp³-hybridized carbons (Fsp3) is 0.200. The van der Waals surface area contributed by atoms with Crippen molar-refractivity contribution in [3.8, 4) is 22.9 Å². The molecule has 0 amide bonds. The number of fused-ring (bicyclic) bond motifs is 3. The Morgan fingerprint density at radius 3 is 2.38 bits per heavy atom. The third-order valence-electron chi connectivity index (χ3n) is 5.50. The Hall–Kier alpha value is -3.66. The molecule has 7 heteroatoms.